The molecule has 0 unspecified atom stereocenters. The lowest BCUT2D eigenvalue weighted by Crippen LogP contribution is -1.94. The van der Waals surface area contributed by atoms with Gasteiger partial charge in [0, 0.05) is 23.0 Å². The van der Waals surface area contributed by atoms with E-state index in [1.807, 2.05) is 36.5 Å². The maximum atomic E-state index is 8.84. The van der Waals surface area contributed by atoms with Crippen LogP contribution in [0.2, 0.25) is 0 Å². The lowest BCUT2D eigenvalue weighted by Gasteiger charge is -2.12. The lowest BCUT2D eigenvalue weighted by atomic mass is 9.99. The maximum absolute atomic E-state index is 8.84. The van der Waals surface area contributed by atoms with Crippen molar-refractivity contribution in [3.8, 4) is 17.2 Å². The van der Waals surface area contributed by atoms with Crippen LogP contribution >= 0.6 is 0 Å². The average Bonchev–Trinajstić information content (AvgIpc) is 3.23. The van der Waals surface area contributed by atoms with Gasteiger partial charge in [0.15, 0.2) is 0 Å². The topological polar surface area (TPSA) is 48.7 Å². The fourth-order valence-electron chi connectivity index (χ4n) is 3.82. The molecule has 1 aliphatic carbocycles. The van der Waals surface area contributed by atoms with Gasteiger partial charge in [-0.2, -0.15) is 5.26 Å². The Labute approximate surface area is 170 Å². The molecule has 0 radical (unpaired) electrons. The lowest BCUT2D eigenvalue weighted by molar-refractivity contribution is 1.26. The van der Waals surface area contributed by atoms with E-state index in [-0.39, 0.29) is 0 Å². The molecule has 3 heteroatoms. The summed E-state index contributed by atoms with van der Waals surface area (Å²) in [7, 11) is 0. The number of hydrogen-bond donors (Lipinski definition) is 1. The van der Waals surface area contributed by atoms with Gasteiger partial charge in [-0.3, -0.25) is 4.98 Å². The number of benzene rings is 3. The summed E-state index contributed by atoms with van der Waals surface area (Å²) in [6.07, 6.45) is 7.69. The van der Waals surface area contributed by atoms with Gasteiger partial charge in [0.05, 0.1) is 18.0 Å². The summed E-state index contributed by atoms with van der Waals surface area (Å²) in [4.78, 5) is 4.53. The quantitative estimate of drug-likeness (QED) is 0.458. The number of nitrogens with one attached hydrogen (secondary N) is 1. The minimum absolute atomic E-state index is 0.428. The van der Waals surface area contributed by atoms with Gasteiger partial charge < -0.3 is 5.32 Å². The SMILES string of the molecule is N#CCc1ccc(Nc2ccnc3ccc(-c4ccc5c(c4)C=CC5)cc23)cc1. The summed E-state index contributed by atoms with van der Waals surface area (Å²) in [6, 6.07) is 25.3. The largest absolute Gasteiger partial charge is 0.355 e. The Morgan fingerprint density at radius 2 is 1.76 bits per heavy atom. The van der Waals surface area contributed by atoms with Crippen molar-refractivity contribution in [2.24, 2.45) is 0 Å². The molecule has 0 saturated heterocycles. The van der Waals surface area contributed by atoms with Gasteiger partial charge in [0.25, 0.3) is 0 Å². The first-order chi connectivity index (χ1) is 14.3. The van der Waals surface area contributed by atoms with Crippen LogP contribution in [0.25, 0.3) is 28.1 Å². The molecule has 0 atom stereocenters. The molecule has 0 bridgehead atoms. The summed E-state index contributed by atoms with van der Waals surface area (Å²) in [5, 5.41) is 13.4. The van der Waals surface area contributed by atoms with Gasteiger partial charge in [-0.15, -0.1) is 0 Å². The Hall–Kier alpha value is -3.90. The third-order valence-corrected chi connectivity index (χ3v) is 5.37. The van der Waals surface area contributed by atoms with Gasteiger partial charge in [-0.05, 0) is 70.6 Å². The minimum Gasteiger partial charge on any atom is -0.355 e. The standard InChI is InChI=1S/C26H19N3/c27-14-12-18-4-9-23(10-5-18)29-26-13-15-28-25-11-8-22(17-24(25)26)21-7-6-19-2-1-3-20(19)16-21/h1,3-11,13,15-17H,2,12H2,(H,28,29). The molecule has 0 amide bonds. The van der Waals surface area contributed by atoms with Crippen LogP contribution in [0.5, 0.6) is 0 Å². The van der Waals surface area contributed by atoms with Gasteiger partial charge >= 0.3 is 0 Å². The first-order valence-corrected chi connectivity index (χ1v) is 9.72. The van der Waals surface area contributed by atoms with E-state index in [1.165, 1.54) is 22.3 Å². The average molecular weight is 373 g/mol. The first kappa shape index (κ1) is 17.2. The number of allylic oxidation sites excluding steroid dienone is 1. The molecule has 1 aliphatic rings. The van der Waals surface area contributed by atoms with Crippen LogP contribution in [0.1, 0.15) is 16.7 Å². The fraction of sp³-hybridized carbons (Fsp3) is 0.0769. The number of pyridine rings is 1. The molecule has 3 aromatic carbocycles. The Balaban J connectivity index is 1.52. The molecule has 0 fully saturated rings. The van der Waals surface area contributed by atoms with Crippen molar-refractivity contribution in [3.05, 3.63) is 95.7 Å². The molecular formula is C26H19N3. The summed E-state index contributed by atoms with van der Waals surface area (Å²) in [6.45, 7) is 0. The molecule has 4 aromatic rings. The number of nitrogens with zero attached hydrogens (tertiary/aromatic N) is 2. The monoisotopic (exact) mass is 373 g/mol. The normalized spacial score (nSPS) is 12.0. The van der Waals surface area contributed by atoms with E-state index in [0.717, 1.165) is 34.3 Å². The number of rotatable bonds is 4. The van der Waals surface area contributed by atoms with Crippen LogP contribution in [-0.2, 0) is 12.8 Å². The van der Waals surface area contributed by atoms with Crippen molar-refractivity contribution in [2.75, 3.05) is 5.32 Å². The Morgan fingerprint density at radius 1 is 0.931 bits per heavy atom. The number of hydrogen-bond acceptors (Lipinski definition) is 3. The highest BCUT2D eigenvalue weighted by molar-refractivity contribution is 5.95. The van der Waals surface area contributed by atoms with Crippen LogP contribution in [0, 0.1) is 11.3 Å². The highest BCUT2D eigenvalue weighted by atomic mass is 14.9. The van der Waals surface area contributed by atoms with Gasteiger partial charge in [0.1, 0.15) is 0 Å². The summed E-state index contributed by atoms with van der Waals surface area (Å²) in [5.41, 5.74) is 9.08. The molecule has 0 aliphatic heterocycles. The Bertz CT molecular complexity index is 1280. The van der Waals surface area contributed by atoms with Crippen LogP contribution in [0.15, 0.2) is 79.0 Å². The zero-order valence-electron chi connectivity index (χ0n) is 15.9. The van der Waals surface area contributed by atoms with E-state index < -0.39 is 0 Å². The van der Waals surface area contributed by atoms with E-state index in [1.54, 1.807) is 0 Å². The molecule has 1 N–H and O–H groups in total. The minimum atomic E-state index is 0.428. The molecule has 138 valence electrons. The Kier molecular flexibility index (Phi) is 4.31. The van der Waals surface area contributed by atoms with Crippen molar-refractivity contribution >= 4 is 28.4 Å². The number of fused-ring (bicyclic) bond motifs is 2. The first-order valence-electron chi connectivity index (χ1n) is 9.72. The molecule has 3 nitrogen and oxygen atoms in total. The highest BCUT2D eigenvalue weighted by Gasteiger charge is 2.09. The van der Waals surface area contributed by atoms with Crippen molar-refractivity contribution in [1.29, 1.82) is 5.26 Å². The third kappa shape index (κ3) is 3.37. The molecule has 1 aromatic heterocycles. The number of aromatic nitrogens is 1. The zero-order chi connectivity index (χ0) is 19.6. The molecule has 29 heavy (non-hydrogen) atoms. The van der Waals surface area contributed by atoms with E-state index in [9.17, 15) is 0 Å². The highest BCUT2D eigenvalue weighted by Crippen LogP contribution is 2.32. The molecule has 1 heterocycles. The molecule has 0 saturated carbocycles. The van der Waals surface area contributed by atoms with E-state index in [2.05, 4.69) is 64.9 Å². The Morgan fingerprint density at radius 3 is 2.62 bits per heavy atom. The van der Waals surface area contributed by atoms with Crippen LogP contribution in [0.3, 0.4) is 0 Å². The third-order valence-electron chi connectivity index (χ3n) is 5.37. The van der Waals surface area contributed by atoms with Crippen LogP contribution < -0.4 is 5.32 Å². The zero-order valence-corrected chi connectivity index (χ0v) is 15.9. The fourth-order valence-corrected chi connectivity index (χ4v) is 3.82. The second-order valence-corrected chi connectivity index (χ2v) is 7.27. The van der Waals surface area contributed by atoms with Gasteiger partial charge in [0.2, 0.25) is 0 Å². The number of anilines is 2. The van der Waals surface area contributed by atoms with Crippen molar-refractivity contribution in [3.63, 3.8) is 0 Å². The van der Waals surface area contributed by atoms with Crippen LogP contribution in [-0.4, -0.2) is 4.98 Å². The van der Waals surface area contributed by atoms with Crippen LogP contribution in [0.4, 0.5) is 11.4 Å². The summed E-state index contributed by atoms with van der Waals surface area (Å²) >= 11 is 0. The molecule has 0 spiro atoms. The van der Waals surface area contributed by atoms with E-state index in [4.69, 9.17) is 5.26 Å². The molecular weight excluding hydrogens is 354 g/mol. The summed E-state index contributed by atoms with van der Waals surface area (Å²) in [5.74, 6) is 0. The van der Waals surface area contributed by atoms with Crippen molar-refractivity contribution in [2.45, 2.75) is 12.8 Å². The summed E-state index contributed by atoms with van der Waals surface area (Å²) < 4.78 is 0. The predicted octanol–water partition coefficient (Wildman–Crippen LogP) is 6.28. The predicted molar refractivity (Wildman–Crippen MR) is 119 cm³/mol. The molecule has 5 rings (SSSR count). The second kappa shape index (κ2) is 7.26. The second-order valence-electron chi connectivity index (χ2n) is 7.27. The van der Waals surface area contributed by atoms with Crippen molar-refractivity contribution < 1.29 is 0 Å². The van der Waals surface area contributed by atoms with E-state index in [0.29, 0.717) is 6.42 Å². The smallest absolute Gasteiger partial charge is 0.0723 e. The maximum Gasteiger partial charge on any atom is 0.0723 e. The van der Waals surface area contributed by atoms with Gasteiger partial charge in [-0.25, -0.2) is 0 Å². The van der Waals surface area contributed by atoms with Gasteiger partial charge in [-0.1, -0.05) is 42.5 Å². The van der Waals surface area contributed by atoms with E-state index >= 15 is 0 Å². The van der Waals surface area contributed by atoms with Crippen molar-refractivity contribution in [1.82, 2.24) is 4.98 Å². The number of nitriles is 1.